The lowest BCUT2D eigenvalue weighted by Gasteiger charge is -2.37. The molecule has 0 bridgehead atoms. The van der Waals surface area contributed by atoms with Crippen molar-refractivity contribution < 1.29 is 0 Å². The number of hydrogen-bond donors (Lipinski definition) is 1. The third-order valence-electron chi connectivity index (χ3n) is 4.85. The highest BCUT2D eigenvalue weighted by molar-refractivity contribution is 5.51. The van der Waals surface area contributed by atoms with E-state index in [4.69, 9.17) is 5.73 Å². The lowest BCUT2D eigenvalue weighted by atomic mass is 9.80. The van der Waals surface area contributed by atoms with Gasteiger partial charge in [-0.2, -0.15) is 0 Å². The number of rotatable bonds is 3. The van der Waals surface area contributed by atoms with E-state index < -0.39 is 0 Å². The van der Waals surface area contributed by atoms with Crippen LogP contribution in [0.15, 0.2) is 18.2 Å². The fraction of sp³-hybridized carbons (Fsp3) is 0.625. The van der Waals surface area contributed by atoms with Crippen molar-refractivity contribution >= 4 is 5.69 Å². The van der Waals surface area contributed by atoms with Crippen LogP contribution in [0.25, 0.3) is 0 Å². The van der Waals surface area contributed by atoms with Gasteiger partial charge in [-0.15, -0.1) is 0 Å². The Morgan fingerprint density at radius 3 is 2.94 bits per heavy atom. The van der Waals surface area contributed by atoms with E-state index in [-0.39, 0.29) is 0 Å². The zero-order valence-corrected chi connectivity index (χ0v) is 11.4. The molecule has 0 amide bonds. The second-order valence-electron chi connectivity index (χ2n) is 6.09. The Kier molecular flexibility index (Phi) is 3.29. The van der Waals surface area contributed by atoms with Gasteiger partial charge in [0.25, 0.3) is 0 Å². The zero-order valence-electron chi connectivity index (χ0n) is 11.4. The average Bonchev–Trinajstić information content (AvgIpc) is 2.33. The van der Waals surface area contributed by atoms with Crippen LogP contribution in [-0.2, 0) is 13.0 Å². The Hall–Kier alpha value is -1.02. The van der Waals surface area contributed by atoms with Gasteiger partial charge in [-0.3, -0.25) is 4.90 Å². The molecule has 1 aliphatic carbocycles. The minimum atomic E-state index is 0.727. The van der Waals surface area contributed by atoms with Crippen LogP contribution in [0.5, 0.6) is 0 Å². The van der Waals surface area contributed by atoms with Crippen LogP contribution >= 0.6 is 0 Å². The van der Waals surface area contributed by atoms with Crippen molar-refractivity contribution in [2.75, 3.05) is 12.3 Å². The van der Waals surface area contributed by atoms with Crippen LogP contribution in [0.3, 0.4) is 0 Å². The summed E-state index contributed by atoms with van der Waals surface area (Å²) < 4.78 is 0. The summed E-state index contributed by atoms with van der Waals surface area (Å²) in [4.78, 5) is 2.64. The fourth-order valence-corrected chi connectivity index (χ4v) is 3.40. The first-order valence-corrected chi connectivity index (χ1v) is 7.34. The Bertz CT molecular complexity index is 423. The van der Waals surface area contributed by atoms with Gasteiger partial charge in [0, 0.05) is 24.8 Å². The zero-order chi connectivity index (χ0) is 12.5. The topological polar surface area (TPSA) is 29.3 Å². The van der Waals surface area contributed by atoms with Gasteiger partial charge < -0.3 is 5.73 Å². The van der Waals surface area contributed by atoms with Crippen molar-refractivity contribution in [1.82, 2.24) is 4.90 Å². The molecule has 1 aliphatic heterocycles. The lowest BCUT2D eigenvalue weighted by molar-refractivity contribution is 0.142. The van der Waals surface area contributed by atoms with E-state index in [2.05, 4.69) is 24.0 Å². The Morgan fingerprint density at radius 1 is 1.39 bits per heavy atom. The van der Waals surface area contributed by atoms with Crippen LogP contribution in [-0.4, -0.2) is 17.5 Å². The van der Waals surface area contributed by atoms with E-state index in [1.54, 1.807) is 0 Å². The molecule has 2 heteroatoms. The third kappa shape index (κ3) is 2.26. The summed E-state index contributed by atoms with van der Waals surface area (Å²) >= 11 is 0. The molecule has 3 rings (SSSR count). The summed E-state index contributed by atoms with van der Waals surface area (Å²) in [5.74, 6) is 1.00. The number of benzene rings is 1. The summed E-state index contributed by atoms with van der Waals surface area (Å²) in [7, 11) is 0. The highest BCUT2D eigenvalue weighted by atomic mass is 15.2. The maximum absolute atomic E-state index is 6.06. The van der Waals surface area contributed by atoms with Crippen molar-refractivity contribution in [2.45, 2.75) is 51.6 Å². The van der Waals surface area contributed by atoms with E-state index in [1.807, 2.05) is 6.07 Å². The molecule has 0 spiro atoms. The molecule has 0 aromatic heterocycles. The number of nitrogens with two attached hydrogens (primary N) is 1. The maximum Gasteiger partial charge on any atom is 0.0350 e. The van der Waals surface area contributed by atoms with Gasteiger partial charge in [-0.05, 0) is 42.9 Å². The lowest BCUT2D eigenvalue weighted by Crippen LogP contribution is -2.39. The summed E-state index contributed by atoms with van der Waals surface area (Å²) in [6.45, 7) is 4.67. The standard InChI is InChI=1S/C16H24N2/c1-12(10-13-4-2-5-13)18-9-8-15-14(11-18)6-3-7-16(15)17/h3,6-7,12-13H,2,4-5,8-11,17H2,1H3. The van der Waals surface area contributed by atoms with E-state index in [0.29, 0.717) is 0 Å². The highest BCUT2D eigenvalue weighted by Crippen LogP contribution is 2.33. The van der Waals surface area contributed by atoms with Crippen LogP contribution in [0.1, 0.15) is 43.7 Å². The molecule has 1 fully saturated rings. The highest BCUT2D eigenvalue weighted by Gasteiger charge is 2.26. The van der Waals surface area contributed by atoms with Crippen molar-refractivity contribution in [1.29, 1.82) is 0 Å². The SMILES string of the molecule is CC(CC1CCC1)N1CCc2c(N)cccc2C1. The smallest absolute Gasteiger partial charge is 0.0350 e. The second-order valence-corrected chi connectivity index (χ2v) is 6.09. The molecule has 2 N–H and O–H groups in total. The largest absolute Gasteiger partial charge is 0.398 e. The second kappa shape index (κ2) is 4.93. The molecule has 1 aromatic rings. The van der Waals surface area contributed by atoms with Crippen molar-refractivity contribution in [3.8, 4) is 0 Å². The van der Waals surface area contributed by atoms with Gasteiger partial charge in [-0.1, -0.05) is 31.4 Å². The molecule has 1 saturated carbocycles. The molecule has 2 aliphatic rings. The number of hydrogen-bond acceptors (Lipinski definition) is 2. The quantitative estimate of drug-likeness (QED) is 0.827. The Balaban J connectivity index is 1.66. The van der Waals surface area contributed by atoms with Crippen LogP contribution in [0.2, 0.25) is 0 Å². The normalized spacial score (nSPS) is 22.3. The van der Waals surface area contributed by atoms with Crippen molar-refractivity contribution in [3.63, 3.8) is 0 Å². The van der Waals surface area contributed by atoms with Gasteiger partial charge in [0.1, 0.15) is 0 Å². The minimum absolute atomic E-state index is 0.727. The molecule has 1 heterocycles. The van der Waals surface area contributed by atoms with Gasteiger partial charge >= 0.3 is 0 Å². The molecule has 18 heavy (non-hydrogen) atoms. The van der Waals surface area contributed by atoms with E-state index in [1.165, 1.54) is 43.4 Å². The van der Waals surface area contributed by atoms with Crippen molar-refractivity contribution in [2.24, 2.45) is 5.92 Å². The third-order valence-corrected chi connectivity index (χ3v) is 4.85. The maximum atomic E-state index is 6.06. The predicted molar refractivity (Wildman–Crippen MR) is 76.4 cm³/mol. The first kappa shape index (κ1) is 12.0. The molecular weight excluding hydrogens is 220 g/mol. The van der Waals surface area contributed by atoms with Crippen LogP contribution in [0.4, 0.5) is 5.69 Å². The number of fused-ring (bicyclic) bond motifs is 1. The molecule has 1 atom stereocenters. The summed E-state index contributed by atoms with van der Waals surface area (Å²) in [5, 5.41) is 0. The molecule has 1 aromatic carbocycles. The first-order valence-electron chi connectivity index (χ1n) is 7.34. The van der Waals surface area contributed by atoms with E-state index in [0.717, 1.165) is 30.6 Å². The summed E-state index contributed by atoms with van der Waals surface area (Å²) in [5.41, 5.74) is 9.88. The van der Waals surface area contributed by atoms with Gasteiger partial charge in [-0.25, -0.2) is 0 Å². The number of nitrogen functional groups attached to an aromatic ring is 1. The number of nitrogens with zero attached hydrogens (tertiary/aromatic N) is 1. The van der Waals surface area contributed by atoms with Gasteiger partial charge in [0.2, 0.25) is 0 Å². The van der Waals surface area contributed by atoms with Gasteiger partial charge in [0.05, 0.1) is 0 Å². The number of anilines is 1. The average molecular weight is 244 g/mol. The molecule has 2 nitrogen and oxygen atoms in total. The molecular formula is C16H24N2. The van der Waals surface area contributed by atoms with Crippen LogP contribution in [0, 0.1) is 5.92 Å². The van der Waals surface area contributed by atoms with Gasteiger partial charge in [0.15, 0.2) is 0 Å². The Labute approximate surface area is 110 Å². The van der Waals surface area contributed by atoms with Crippen LogP contribution < -0.4 is 5.73 Å². The Morgan fingerprint density at radius 2 is 2.22 bits per heavy atom. The van der Waals surface area contributed by atoms with E-state index in [9.17, 15) is 0 Å². The summed E-state index contributed by atoms with van der Waals surface area (Å²) in [6.07, 6.45) is 6.88. The fourth-order valence-electron chi connectivity index (χ4n) is 3.40. The van der Waals surface area contributed by atoms with Crippen molar-refractivity contribution in [3.05, 3.63) is 29.3 Å². The first-order chi connectivity index (χ1) is 8.74. The predicted octanol–water partition coefficient (Wildman–Crippen LogP) is 3.21. The molecule has 0 radical (unpaired) electrons. The molecule has 98 valence electrons. The molecule has 0 saturated heterocycles. The van der Waals surface area contributed by atoms with E-state index >= 15 is 0 Å². The summed E-state index contributed by atoms with van der Waals surface area (Å²) in [6, 6.07) is 7.10. The molecule has 1 unspecified atom stereocenters. The minimum Gasteiger partial charge on any atom is -0.398 e. The monoisotopic (exact) mass is 244 g/mol.